The van der Waals surface area contributed by atoms with Crippen LogP contribution in [0.25, 0.3) is 0 Å². The summed E-state index contributed by atoms with van der Waals surface area (Å²) in [5, 5.41) is 3.65. The molecule has 0 heterocycles. The van der Waals surface area contributed by atoms with Gasteiger partial charge in [-0.05, 0) is 32.4 Å². The number of nitrogens with zero attached hydrogens (tertiary/aromatic N) is 2. The highest BCUT2D eigenvalue weighted by molar-refractivity contribution is 6.34. The van der Waals surface area contributed by atoms with Crippen LogP contribution in [-0.4, -0.2) is 54.3 Å². The SMILES string of the molecule is C=CC(=O)C(ON=C(C(=O)OCc1ccccc1)N(C)C)C(=O)OC(C)(C)C. The first-order valence-electron chi connectivity index (χ1n) is 8.56. The van der Waals surface area contributed by atoms with E-state index in [0.29, 0.717) is 0 Å². The lowest BCUT2D eigenvalue weighted by Gasteiger charge is -2.22. The molecule has 0 aliphatic carbocycles. The van der Waals surface area contributed by atoms with Gasteiger partial charge in [-0.3, -0.25) is 4.79 Å². The molecule has 1 aromatic carbocycles. The van der Waals surface area contributed by atoms with Crippen LogP contribution in [0, 0.1) is 0 Å². The lowest BCUT2D eigenvalue weighted by atomic mass is 10.2. The monoisotopic (exact) mass is 390 g/mol. The minimum atomic E-state index is -1.67. The second-order valence-electron chi connectivity index (χ2n) is 7.00. The minimum Gasteiger partial charge on any atom is -0.457 e. The van der Waals surface area contributed by atoms with Crippen LogP contribution < -0.4 is 0 Å². The third kappa shape index (κ3) is 7.61. The Bertz CT molecular complexity index is 735. The maximum absolute atomic E-state index is 12.3. The molecule has 0 saturated heterocycles. The first-order valence-corrected chi connectivity index (χ1v) is 8.56. The second-order valence-corrected chi connectivity index (χ2v) is 7.00. The Labute approximate surface area is 164 Å². The fourth-order valence-electron chi connectivity index (χ4n) is 1.87. The summed E-state index contributed by atoms with van der Waals surface area (Å²) in [6.45, 7) is 8.31. The van der Waals surface area contributed by atoms with E-state index in [1.54, 1.807) is 47.0 Å². The second kappa shape index (κ2) is 10.2. The van der Waals surface area contributed by atoms with E-state index >= 15 is 0 Å². The summed E-state index contributed by atoms with van der Waals surface area (Å²) in [4.78, 5) is 42.9. The van der Waals surface area contributed by atoms with Crippen LogP contribution in [0.4, 0.5) is 0 Å². The van der Waals surface area contributed by atoms with Crippen molar-refractivity contribution in [1.82, 2.24) is 4.90 Å². The van der Waals surface area contributed by atoms with Gasteiger partial charge in [-0.1, -0.05) is 42.1 Å². The highest BCUT2D eigenvalue weighted by atomic mass is 16.7. The molecule has 0 bridgehead atoms. The Kier molecular flexibility index (Phi) is 8.37. The number of carbonyl (C=O) groups is 3. The number of carbonyl (C=O) groups excluding carboxylic acids is 3. The van der Waals surface area contributed by atoms with E-state index in [2.05, 4.69) is 11.7 Å². The van der Waals surface area contributed by atoms with Crippen LogP contribution in [0.2, 0.25) is 0 Å². The van der Waals surface area contributed by atoms with Crippen LogP contribution in [0.3, 0.4) is 0 Å². The Balaban J connectivity index is 2.91. The summed E-state index contributed by atoms with van der Waals surface area (Å²) in [6, 6.07) is 9.09. The number of esters is 2. The van der Waals surface area contributed by atoms with Gasteiger partial charge in [0.1, 0.15) is 12.2 Å². The molecule has 0 fully saturated rings. The number of benzene rings is 1. The van der Waals surface area contributed by atoms with E-state index < -0.39 is 29.4 Å². The highest BCUT2D eigenvalue weighted by Gasteiger charge is 2.32. The molecule has 0 N–H and O–H groups in total. The largest absolute Gasteiger partial charge is 0.457 e. The molecule has 28 heavy (non-hydrogen) atoms. The van der Waals surface area contributed by atoms with Crippen molar-refractivity contribution in [3.63, 3.8) is 0 Å². The lowest BCUT2D eigenvalue weighted by molar-refractivity contribution is -0.170. The highest BCUT2D eigenvalue weighted by Crippen LogP contribution is 2.11. The number of hydrogen-bond acceptors (Lipinski definition) is 7. The third-order valence-electron chi connectivity index (χ3n) is 3.14. The maximum Gasteiger partial charge on any atom is 0.377 e. The molecule has 8 nitrogen and oxygen atoms in total. The molecule has 8 heteroatoms. The summed E-state index contributed by atoms with van der Waals surface area (Å²) < 4.78 is 10.3. The van der Waals surface area contributed by atoms with Crippen LogP contribution in [-0.2, 0) is 35.3 Å². The number of likely N-dealkylation sites (N-methyl/N-ethyl adjacent to an activating group) is 1. The molecule has 1 unspecified atom stereocenters. The zero-order valence-corrected chi connectivity index (χ0v) is 16.8. The van der Waals surface area contributed by atoms with Gasteiger partial charge in [-0.15, -0.1) is 0 Å². The standard InChI is InChI=1S/C20H26N2O6/c1-7-15(23)16(18(24)27-20(2,3)4)28-21-17(22(5)6)19(25)26-13-14-11-9-8-10-12-14/h7-12,16H,1,13H2,2-6H3. The van der Waals surface area contributed by atoms with Crippen molar-refractivity contribution in [2.45, 2.75) is 39.1 Å². The summed E-state index contributed by atoms with van der Waals surface area (Å²) in [7, 11) is 3.09. The van der Waals surface area contributed by atoms with Crippen molar-refractivity contribution >= 4 is 23.6 Å². The molecular weight excluding hydrogens is 364 g/mol. The number of amidine groups is 1. The van der Waals surface area contributed by atoms with Gasteiger partial charge in [0.25, 0.3) is 11.9 Å². The van der Waals surface area contributed by atoms with Crippen molar-refractivity contribution in [2.24, 2.45) is 5.16 Å². The molecule has 1 aromatic rings. The van der Waals surface area contributed by atoms with Crippen molar-refractivity contribution in [2.75, 3.05) is 14.1 Å². The van der Waals surface area contributed by atoms with Crippen molar-refractivity contribution in [3.05, 3.63) is 48.6 Å². The lowest BCUT2D eigenvalue weighted by Crippen LogP contribution is -2.38. The third-order valence-corrected chi connectivity index (χ3v) is 3.14. The predicted molar refractivity (Wildman–Crippen MR) is 103 cm³/mol. The van der Waals surface area contributed by atoms with Crippen LogP contribution in [0.15, 0.2) is 48.1 Å². The number of oxime groups is 1. The molecule has 0 saturated carbocycles. The molecule has 1 atom stereocenters. The van der Waals surface area contributed by atoms with Crippen LogP contribution in [0.5, 0.6) is 0 Å². The minimum absolute atomic E-state index is 0.0353. The molecule has 0 aliphatic heterocycles. The fraction of sp³-hybridized carbons (Fsp3) is 0.400. The number of rotatable bonds is 7. The van der Waals surface area contributed by atoms with Gasteiger partial charge in [-0.25, -0.2) is 9.59 Å². The van der Waals surface area contributed by atoms with Crippen molar-refractivity contribution in [3.8, 4) is 0 Å². The van der Waals surface area contributed by atoms with Gasteiger partial charge >= 0.3 is 11.9 Å². The Morgan fingerprint density at radius 2 is 1.79 bits per heavy atom. The normalized spacial score (nSPS) is 12.5. The topological polar surface area (TPSA) is 94.5 Å². The molecule has 0 spiro atoms. The molecular formula is C20H26N2O6. The Morgan fingerprint density at radius 1 is 1.18 bits per heavy atom. The smallest absolute Gasteiger partial charge is 0.377 e. The summed E-state index contributed by atoms with van der Waals surface area (Å²) in [6.07, 6.45) is -0.749. The van der Waals surface area contributed by atoms with E-state index in [0.717, 1.165) is 11.6 Å². The molecule has 152 valence electrons. The Hall–Kier alpha value is -3.16. The summed E-state index contributed by atoms with van der Waals surface area (Å²) >= 11 is 0. The Morgan fingerprint density at radius 3 is 2.29 bits per heavy atom. The predicted octanol–water partition coefficient (Wildman–Crippen LogP) is 2.09. The van der Waals surface area contributed by atoms with Gasteiger partial charge in [0.15, 0.2) is 0 Å². The van der Waals surface area contributed by atoms with Gasteiger partial charge in [0, 0.05) is 14.1 Å². The van der Waals surface area contributed by atoms with E-state index in [1.165, 1.54) is 4.90 Å². The van der Waals surface area contributed by atoms with Crippen molar-refractivity contribution < 1.29 is 28.7 Å². The molecule has 0 aliphatic rings. The van der Waals surface area contributed by atoms with Crippen molar-refractivity contribution in [1.29, 1.82) is 0 Å². The van der Waals surface area contributed by atoms with E-state index in [-0.39, 0.29) is 12.4 Å². The van der Waals surface area contributed by atoms with E-state index in [9.17, 15) is 14.4 Å². The number of ether oxygens (including phenoxy) is 2. The van der Waals surface area contributed by atoms with E-state index in [4.69, 9.17) is 14.3 Å². The average Bonchev–Trinajstić information content (AvgIpc) is 2.61. The molecule has 0 aromatic heterocycles. The summed E-state index contributed by atoms with van der Waals surface area (Å²) in [5.41, 5.74) is -0.0357. The van der Waals surface area contributed by atoms with Gasteiger partial charge in [0.2, 0.25) is 5.78 Å². The first kappa shape index (κ1) is 22.9. The van der Waals surface area contributed by atoms with Gasteiger partial charge < -0.3 is 19.2 Å². The average molecular weight is 390 g/mol. The van der Waals surface area contributed by atoms with Crippen LogP contribution in [0.1, 0.15) is 26.3 Å². The number of hydrogen-bond donors (Lipinski definition) is 0. The molecule has 0 amide bonds. The van der Waals surface area contributed by atoms with E-state index in [1.807, 2.05) is 18.2 Å². The van der Waals surface area contributed by atoms with Gasteiger partial charge in [-0.2, -0.15) is 0 Å². The molecule has 0 radical (unpaired) electrons. The number of ketones is 1. The van der Waals surface area contributed by atoms with Gasteiger partial charge in [0.05, 0.1) is 0 Å². The van der Waals surface area contributed by atoms with Crippen LogP contribution >= 0.6 is 0 Å². The fourth-order valence-corrected chi connectivity index (χ4v) is 1.87. The quantitative estimate of drug-likeness (QED) is 0.176. The first-order chi connectivity index (χ1) is 13.0. The zero-order chi connectivity index (χ0) is 21.3. The molecule has 1 rings (SSSR count). The summed E-state index contributed by atoms with van der Waals surface area (Å²) in [5.74, 6) is -2.67. The zero-order valence-electron chi connectivity index (χ0n) is 16.8. The maximum atomic E-state index is 12.3.